The number of nitrogens with zero attached hydrogens (tertiary/aromatic N) is 2. The van der Waals surface area contributed by atoms with E-state index in [4.69, 9.17) is 0 Å². The Labute approximate surface area is 142 Å². The first-order valence-electron chi connectivity index (χ1n) is 8.59. The minimum atomic E-state index is -0.394. The second kappa shape index (κ2) is 6.11. The SMILES string of the molecule is O=C1c2ccccc2NC2(CCCCC2)N1/N=C\c1ccccc1. The van der Waals surface area contributed by atoms with Crippen LogP contribution in [0.2, 0.25) is 0 Å². The molecule has 0 saturated heterocycles. The molecule has 1 aliphatic heterocycles. The van der Waals surface area contributed by atoms with Crippen molar-refractivity contribution in [3.05, 3.63) is 65.7 Å². The third-order valence-electron chi connectivity index (χ3n) is 4.93. The Hall–Kier alpha value is -2.62. The molecule has 0 radical (unpaired) electrons. The van der Waals surface area contributed by atoms with E-state index in [-0.39, 0.29) is 5.91 Å². The lowest BCUT2D eigenvalue weighted by Gasteiger charge is -2.47. The number of benzene rings is 2. The molecule has 122 valence electrons. The zero-order valence-corrected chi connectivity index (χ0v) is 13.6. The van der Waals surface area contributed by atoms with Gasteiger partial charge in [-0.3, -0.25) is 4.79 Å². The van der Waals surface area contributed by atoms with Crippen molar-refractivity contribution in [1.29, 1.82) is 0 Å². The standard InChI is InChI=1S/C20H21N3O/c24-19-17-11-5-6-12-18(17)22-20(13-7-2-8-14-20)23(19)21-15-16-9-3-1-4-10-16/h1,3-6,9-12,15,22H,2,7-8,13-14H2/b21-15-. The van der Waals surface area contributed by atoms with Crippen molar-refractivity contribution in [2.75, 3.05) is 5.32 Å². The Morgan fingerprint density at radius 3 is 2.46 bits per heavy atom. The Kier molecular flexibility index (Phi) is 3.81. The lowest BCUT2D eigenvalue weighted by molar-refractivity contribution is 0.0412. The minimum absolute atomic E-state index is 0.0153. The van der Waals surface area contributed by atoms with Crippen LogP contribution in [-0.4, -0.2) is 22.8 Å². The second-order valence-corrected chi connectivity index (χ2v) is 6.54. The van der Waals surface area contributed by atoms with Gasteiger partial charge in [0.2, 0.25) is 0 Å². The molecule has 0 atom stereocenters. The quantitative estimate of drug-likeness (QED) is 0.841. The molecule has 1 aliphatic carbocycles. The highest BCUT2D eigenvalue weighted by atomic mass is 16.2. The fourth-order valence-corrected chi connectivity index (χ4v) is 3.69. The molecule has 1 N–H and O–H groups in total. The van der Waals surface area contributed by atoms with E-state index in [1.165, 1.54) is 6.42 Å². The van der Waals surface area contributed by atoms with Gasteiger partial charge in [0.05, 0.1) is 11.8 Å². The minimum Gasteiger partial charge on any atom is -0.360 e. The lowest BCUT2D eigenvalue weighted by atomic mass is 9.86. The van der Waals surface area contributed by atoms with Gasteiger partial charge in [0.15, 0.2) is 0 Å². The molecule has 2 aromatic carbocycles. The van der Waals surface area contributed by atoms with Gasteiger partial charge in [-0.15, -0.1) is 0 Å². The highest BCUT2D eigenvalue weighted by Crippen LogP contribution is 2.40. The van der Waals surface area contributed by atoms with Crippen LogP contribution < -0.4 is 5.32 Å². The molecule has 0 unspecified atom stereocenters. The number of fused-ring (bicyclic) bond motifs is 1. The molecule has 1 heterocycles. The number of hydrogen-bond donors (Lipinski definition) is 1. The number of carbonyl (C=O) groups excluding carboxylic acids is 1. The summed E-state index contributed by atoms with van der Waals surface area (Å²) in [6.07, 6.45) is 7.08. The third kappa shape index (κ3) is 2.58. The number of nitrogens with one attached hydrogen (secondary N) is 1. The second-order valence-electron chi connectivity index (χ2n) is 6.54. The smallest absolute Gasteiger partial charge is 0.278 e. The summed E-state index contributed by atoms with van der Waals surface area (Å²) < 4.78 is 0. The molecule has 4 nitrogen and oxygen atoms in total. The average Bonchev–Trinajstić information content (AvgIpc) is 2.63. The molecule has 24 heavy (non-hydrogen) atoms. The number of hydrogen-bond acceptors (Lipinski definition) is 3. The van der Waals surface area contributed by atoms with Crippen LogP contribution in [0.5, 0.6) is 0 Å². The van der Waals surface area contributed by atoms with Gasteiger partial charge < -0.3 is 5.32 Å². The number of rotatable bonds is 2. The van der Waals surface area contributed by atoms with Crippen molar-refractivity contribution < 1.29 is 4.79 Å². The zero-order chi connectivity index (χ0) is 16.4. The predicted octanol–water partition coefficient (Wildman–Crippen LogP) is 4.25. The average molecular weight is 319 g/mol. The fraction of sp³-hybridized carbons (Fsp3) is 0.300. The Bertz CT molecular complexity index is 763. The maximum absolute atomic E-state index is 13.1. The summed E-state index contributed by atoms with van der Waals surface area (Å²) in [7, 11) is 0. The molecule has 4 heteroatoms. The molecule has 4 rings (SSSR count). The molecule has 0 bridgehead atoms. The van der Waals surface area contributed by atoms with E-state index in [9.17, 15) is 4.79 Å². The molecule has 1 saturated carbocycles. The number of hydrazone groups is 1. The molecular weight excluding hydrogens is 298 g/mol. The van der Waals surface area contributed by atoms with E-state index < -0.39 is 5.66 Å². The van der Waals surface area contributed by atoms with Crippen molar-refractivity contribution >= 4 is 17.8 Å². The Balaban J connectivity index is 1.73. The van der Waals surface area contributed by atoms with E-state index in [1.54, 1.807) is 11.2 Å². The van der Waals surface area contributed by atoms with E-state index in [2.05, 4.69) is 10.4 Å². The monoisotopic (exact) mass is 319 g/mol. The molecule has 2 aromatic rings. The van der Waals surface area contributed by atoms with Crippen LogP contribution in [0.4, 0.5) is 5.69 Å². The first-order valence-corrected chi connectivity index (χ1v) is 8.59. The summed E-state index contributed by atoms with van der Waals surface area (Å²) in [5.41, 5.74) is 2.22. The molecule has 1 spiro atoms. The maximum Gasteiger partial charge on any atom is 0.278 e. The summed E-state index contributed by atoms with van der Waals surface area (Å²) in [4.78, 5) is 13.1. The summed E-state index contributed by atoms with van der Waals surface area (Å²) >= 11 is 0. The number of carbonyl (C=O) groups is 1. The fourth-order valence-electron chi connectivity index (χ4n) is 3.69. The van der Waals surface area contributed by atoms with Gasteiger partial charge in [0, 0.05) is 5.69 Å². The van der Waals surface area contributed by atoms with Crippen LogP contribution in [-0.2, 0) is 0 Å². The van der Waals surface area contributed by atoms with Crippen molar-refractivity contribution in [2.45, 2.75) is 37.8 Å². The topological polar surface area (TPSA) is 44.7 Å². The van der Waals surface area contributed by atoms with Gasteiger partial charge in [-0.1, -0.05) is 48.9 Å². The normalized spacial score (nSPS) is 19.3. The largest absolute Gasteiger partial charge is 0.360 e. The van der Waals surface area contributed by atoms with Crippen LogP contribution >= 0.6 is 0 Å². The Morgan fingerprint density at radius 1 is 0.958 bits per heavy atom. The number of anilines is 1. The highest BCUT2D eigenvalue weighted by Gasteiger charge is 2.45. The zero-order valence-electron chi connectivity index (χ0n) is 13.6. The first-order chi connectivity index (χ1) is 11.8. The van der Waals surface area contributed by atoms with Crippen molar-refractivity contribution in [3.63, 3.8) is 0 Å². The van der Waals surface area contributed by atoms with E-state index in [0.717, 1.165) is 36.9 Å². The van der Waals surface area contributed by atoms with Crippen molar-refractivity contribution in [2.24, 2.45) is 5.10 Å². The third-order valence-corrected chi connectivity index (χ3v) is 4.93. The highest BCUT2D eigenvalue weighted by molar-refractivity contribution is 6.02. The Morgan fingerprint density at radius 2 is 1.67 bits per heavy atom. The van der Waals surface area contributed by atoms with Gasteiger partial charge >= 0.3 is 0 Å². The van der Waals surface area contributed by atoms with E-state index >= 15 is 0 Å². The van der Waals surface area contributed by atoms with Crippen LogP contribution in [0.15, 0.2) is 59.7 Å². The molecular formula is C20H21N3O. The first kappa shape index (κ1) is 14.9. The van der Waals surface area contributed by atoms with Gasteiger partial charge in [-0.05, 0) is 43.4 Å². The number of amides is 1. The van der Waals surface area contributed by atoms with Gasteiger partial charge in [0.1, 0.15) is 5.66 Å². The van der Waals surface area contributed by atoms with Crippen LogP contribution in [0, 0.1) is 0 Å². The lowest BCUT2D eigenvalue weighted by Crippen LogP contribution is -2.58. The summed E-state index contributed by atoms with van der Waals surface area (Å²) in [5.74, 6) is -0.0153. The van der Waals surface area contributed by atoms with Gasteiger partial charge in [-0.25, -0.2) is 5.01 Å². The van der Waals surface area contributed by atoms with Crippen molar-refractivity contribution in [3.8, 4) is 0 Å². The summed E-state index contributed by atoms with van der Waals surface area (Å²) in [5, 5.41) is 9.91. The summed E-state index contributed by atoms with van der Waals surface area (Å²) in [6.45, 7) is 0. The molecule has 2 aliphatic rings. The number of para-hydroxylation sites is 1. The van der Waals surface area contributed by atoms with Crippen molar-refractivity contribution in [1.82, 2.24) is 5.01 Å². The van der Waals surface area contributed by atoms with Crippen LogP contribution in [0.3, 0.4) is 0 Å². The van der Waals surface area contributed by atoms with E-state index in [0.29, 0.717) is 5.56 Å². The molecule has 1 fully saturated rings. The van der Waals surface area contributed by atoms with Gasteiger partial charge in [-0.2, -0.15) is 5.10 Å². The molecule has 0 aromatic heterocycles. The maximum atomic E-state index is 13.1. The van der Waals surface area contributed by atoms with Crippen LogP contribution in [0.25, 0.3) is 0 Å². The summed E-state index contributed by atoms with van der Waals surface area (Å²) in [6, 6.07) is 17.6. The van der Waals surface area contributed by atoms with Crippen LogP contribution in [0.1, 0.15) is 48.0 Å². The van der Waals surface area contributed by atoms with Gasteiger partial charge in [0.25, 0.3) is 5.91 Å². The van der Waals surface area contributed by atoms with E-state index in [1.807, 2.05) is 54.6 Å². The predicted molar refractivity (Wildman–Crippen MR) is 96.1 cm³/mol. The molecule has 1 amide bonds.